The smallest absolute Gasteiger partial charge is 0.100 e. The standard InChI is InChI=1S/C8H8ClN/c1-6-2-3-8(9)7(4-6)5-10/h4H,2-3H2,1H3. The molecule has 0 unspecified atom stereocenters. The van der Waals surface area contributed by atoms with Crippen LogP contribution >= 0.6 is 11.6 Å². The van der Waals surface area contributed by atoms with Gasteiger partial charge in [0.1, 0.15) is 6.07 Å². The van der Waals surface area contributed by atoms with Gasteiger partial charge in [-0.15, -0.1) is 0 Å². The molecule has 0 saturated carbocycles. The van der Waals surface area contributed by atoms with Crippen LogP contribution in [0.2, 0.25) is 0 Å². The van der Waals surface area contributed by atoms with Gasteiger partial charge in [0, 0.05) is 5.03 Å². The molecule has 0 spiro atoms. The zero-order chi connectivity index (χ0) is 7.56. The molecule has 0 aliphatic heterocycles. The molecule has 0 saturated heterocycles. The molecular weight excluding hydrogens is 146 g/mol. The maximum absolute atomic E-state index is 8.54. The molecule has 0 atom stereocenters. The van der Waals surface area contributed by atoms with Crippen molar-refractivity contribution in [3.63, 3.8) is 0 Å². The summed E-state index contributed by atoms with van der Waals surface area (Å²) in [4.78, 5) is 0. The molecule has 0 aromatic carbocycles. The van der Waals surface area contributed by atoms with E-state index in [-0.39, 0.29) is 0 Å². The lowest BCUT2D eigenvalue weighted by molar-refractivity contribution is 0.938. The van der Waals surface area contributed by atoms with Crippen LogP contribution in [0.1, 0.15) is 19.8 Å². The minimum atomic E-state index is 0.630. The van der Waals surface area contributed by atoms with Crippen LogP contribution in [0.5, 0.6) is 0 Å². The quantitative estimate of drug-likeness (QED) is 0.525. The maximum Gasteiger partial charge on any atom is 0.100 e. The van der Waals surface area contributed by atoms with Crippen LogP contribution in [0, 0.1) is 11.3 Å². The van der Waals surface area contributed by atoms with E-state index in [0.717, 1.165) is 12.8 Å². The fourth-order valence-electron chi connectivity index (χ4n) is 0.931. The summed E-state index contributed by atoms with van der Waals surface area (Å²) in [5.74, 6) is 0. The Morgan fingerprint density at radius 3 is 2.80 bits per heavy atom. The number of nitrogens with zero attached hydrogens (tertiary/aromatic N) is 1. The summed E-state index contributed by atoms with van der Waals surface area (Å²) in [6.45, 7) is 2.01. The predicted octanol–water partition coefficient (Wildman–Crippen LogP) is 2.74. The highest BCUT2D eigenvalue weighted by Crippen LogP contribution is 2.25. The Morgan fingerprint density at radius 1 is 1.60 bits per heavy atom. The number of halogens is 1. The van der Waals surface area contributed by atoms with Crippen molar-refractivity contribution >= 4 is 11.6 Å². The predicted molar refractivity (Wildman–Crippen MR) is 41.5 cm³/mol. The molecule has 1 rings (SSSR count). The topological polar surface area (TPSA) is 23.8 Å². The second-order valence-electron chi connectivity index (χ2n) is 2.42. The molecule has 0 radical (unpaired) electrons. The third kappa shape index (κ3) is 1.40. The summed E-state index contributed by atoms with van der Waals surface area (Å²) in [5.41, 5.74) is 1.87. The van der Waals surface area contributed by atoms with E-state index in [1.165, 1.54) is 5.57 Å². The molecule has 0 heterocycles. The molecule has 52 valence electrons. The zero-order valence-electron chi connectivity index (χ0n) is 5.82. The van der Waals surface area contributed by atoms with Crippen molar-refractivity contribution in [3.05, 3.63) is 22.3 Å². The van der Waals surface area contributed by atoms with Crippen molar-refractivity contribution in [1.82, 2.24) is 0 Å². The highest BCUT2D eigenvalue weighted by atomic mass is 35.5. The van der Waals surface area contributed by atoms with Gasteiger partial charge in [-0.25, -0.2) is 0 Å². The van der Waals surface area contributed by atoms with E-state index in [1.54, 1.807) is 0 Å². The summed E-state index contributed by atoms with van der Waals surface area (Å²) in [7, 11) is 0. The third-order valence-electron chi connectivity index (χ3n) is 1.54. The van der Waals surface area contributed by atoms with E-state index in [2.05, 4.69) is 6.07 Å². The fraction of sp³-hybridized carbons (Fsp3) is 0.375. The van der Waals surface area contributed by atoms with Gasteiger partial charge >= 0.3 is 0 Å². The molecule has 10 heavy (non-hydrogen) atoms. The Kier molecular flexibility index (Phi) is 2.13. The van der Waals surface area contributed by atoms with Gasteiger partial charge in [-0.3, -0.25) is 0 Å². The van der Waals surface area contributed by atoms with Crippen LogP contribution in [-0.2, 0) is 0 Å². The summed E-state index contributed by atoms with van der Waals surface area (Å²) in [6, 6.07) is 2.06. The summed E-state index contributed by atoms with van der Waals surface area (Å²) in [5, 5.41) is 9.24. The molecule has 2 heteroatoms. The van der Waals surface area contributed by atoms with Crippen LogP contribution in [0.15, 0.2) is 22.3 Å². The van der Waals surface area contributed by atoms with Crippen LogP contribution < -0.4 is 0 Å². The maximum atomic E-state index is 8.54. The second-order valence-corrected chi connectivity index (χ2v) is 2.88. The molecule has 0 N–H and O–H groups in total. The average Bonchev–Trinajstić information content (AvgIpc) is 1.94. The lowest BCUT2D eigenvalue weighted by atomic mass is 10.0. The molecule has 1 nitrogen and oxygen atoms in total. The Morgan fingerprint density at radius 2 is 2.30 bits per heavy atom. The first-order valence-corrected chi connectivity index (χ1v) is 3.58. The number of allylic oxidation sites excluding steroid dienone is 4. The summed E-state index contributed by atoms with van der Waals surface area (Å²) in [6.07, 6.45) is 3.67. The SMILES string of the molecule is CC1=CC(C#N)=C(Cl)CC1. The zero-order valence-corrected chi connectivity index (χ0v) is 6.57. The third-order valence-corrected chi connectivity index (χ3v) is 1.93. The minimum absolute atomic E-state index is 0.630. The number of rotatable bonds is 0. The van der Waals surface area contributed by atoms with Crippen molar-refractivity contribution in [2.75, 3.05) is 0 Å². The fourth-order valence-corrected chi connectivity index (χ4v) is 1.12. The molecular formula is C8H8ClN. The van der Waals surface area contributed by atoms with Crippen LogP contribution in [0.3, 0.4) is 0 Å². The normalized spacial score (nSPS) is 18.3. The first-order chi connectivity index (χ1) is 4.74. The van der Waals surface area contributed by atoms with E-state index in [9.17, 15) is 0 Å². The lowest BCUT2D eigenvalue weighted by Gasteiger charge is -2.07. The van der Waals surface area contributed by atoms with Crippen LogP contribution in [0.4, 0.5) is 0 Å². The highest BCUT2D eigenvalue weighted by Gasteiger charge is 2.07. The second kappa shape index (κ2) is 2.90. The molecule has 0 aromatic rings. The summed E-state index contributed by atoms with van der Waals surface area (Å²) < 4.78 is 0. The number of hydrogen-bond donors (Lipinski definition) is 0. The Hall–Kier alpha value is -0.740. The average molecular weight is 154 g/mol. The van der Waals surface area contributed by atoms with Crippen molar-refractivity contribution in [2.45, 2.75) is 19.8 Å². The van der Waals surface area contributed by atoms with Gasteiger partial charge in [0.15, 0.2) is 0 Å². The van der Waals surface area contributed by atoms with Gasteiger partial charge in [-0.05, 0) is 25.8 Å². The van der Waals surface area contributed by atoms with E-state index in [1.807, 2.05) is 13.0 Å². The van der Waals surface area contributed by atoms with Gasteiger partial charge in [0.25, 0.3) is 0 Å². The Balaban J connectivity index is 2.95. The molecule has 0 bridgehead atoms. The monoisotopic (exact) mass is 153 g/mol. The van der Waals surface area contributed by atoms with Crippen molar-refractivity contribution in [2.24, 2.45) is 0 Å². The van der Waals surface area contributed by atoms with E-state index < -0.39 is 0 Å². The Bertz CT molecular complexity index is 242. The van der Waals surface area contributed by atoms with Gasteiger partial charge in [0.2, 0.25) is 0 Å². The first kappa shape index (κ1) is 7.37. The first-order valence-electron chi connectivity index (χ1n) is 3.20. The minimum Gasteiger partial charge on any atom is -0.192 e. The van der Waals surface area contributed by atoms with E-state index in [4.69, 9.17) is 16.9 Å². The lowest BCUT2D eigenvalue weighted by Crippen LogP contribution is -1.91. The largest absolute Gasteiger partial charge is 0.192 e. The molecule has 0 fully saturated rings. The highest BCUT2D eigenvalue weighted by molar-refractivity contribution is 6.30. The number of nitriles is 1. The van der Waals surface area contributed by atoms with Gasteiger partial charge < -0.3 is 0 Å². The van der Waals surface area contributed by atoms with Crippen molar-refractivity contribution in [1.29, 1.82) is 5.26 Å². The van der Waals surface area contributed by atoms with Gasteiger partial charge in [0.05, 0.1) is 5.57 Å². The van der Waals surface area contributed by atoms with Crippen LogP contribution in [-0.4, -0.2) is 0 Å². The molecule has 0 amide bonds. The summed E-state index contributed by atoms with van der Waals surface area (Å²) >= 11 is 5.76. The van der Waals surface area contributed by atoms with Crippen LogP contribution in [0.25, 0.3) is 0 Å². The van der Waals surface area contributed by atoms with E-state index >= 15 is 0 Å². The van der Waals surface area contributed by atoms with Crippen molar-refractivity contribution < 1.29 is 0 Å². The van der Waals surface area contributed by atoms with Gasteiger partial charge in [-0.1, -0.05) is 17.2 Å². The van der Waals surface area contributed by atoms with Crippen molar-refractivity contribution in [3.8, 4) is 6.07 Å². The Labute approximate surface area is 65.6 Å². The molecule has 1 aliphatic rings. The number of hydrogen-bond acceptors (Lipinski definition) is 1. The van der Waals surface area contributed by atoms with Gasteiger partial charge in [-0.2, -0.15) is 5.26 Å². The molecule has 1 aliphatic carbocycles. The van der Waals surface area contributed by atoms with E-state index in [0.29, 0.717) is 10.6 Å². The molecule has 0 aromatic heterocycles.